The van der Waals surface area contributed by atoms with Crippen molar-refractivity contribution in [2.24, 2.45) is 0 Å². The molecule has 0 saturated carbocycles. The number of carbonyl (C=O) groups excluding carboxylic acids is 2. The molecule has 0 aromatic heterocycles. The standard InChI is InChI=1S/C24H24N4O4/c1-16-7-9-18(10-8-16)14-26-24(30)20-5-3-4-6-22(20)25-15-23(29)27-21-12-11-19(28(31)32)13-17(21)2/h3-13,25H,14-15H2,1-2H3,(H,26,30)(H,27,29). The Bertz CT molecular complexity index is 1140. The fraction of sp³-hybridized carbons (Fsp3) is 0.167. The van der Waals surface area contributed by atoms with Crippen molar-refractivity contribution < 1.29 is 14.5 Å². The van der Waals surface area contributed by atoms with E-state index in [1.54, 1.807) is 31.2 Å². The first-order chi connectivity index (χ1) is 15.3. The molecule has 2 amide bonds. The Morgan fingerprint density at radius 2 is 1.66 bits per heavy atom. The van der Waals surface area contributed by atoms with Crippen LogP contribution in [0.3, 0.4) is 0 Å². The molecule has 0 radical (unpaired) electrons. The van der Waals surface area contributed by atoms with Crippen LogP contribution in [-0.4, -0.2) is 23.3 Å². The molecule has 8 heteroatoms. The second-order valence-corrected chi connectivity index (χ2v) is 7.37. The van der Waals surface area contributed by atoms with Gasteiger partial charge in [0.2, 0.25) is 5.91 Å². The summed E-state index contributed by atoms with van der Waals surface area (Å²) in [6.07, 6.45) is 0. The van der Waals surface area contributed by atoms with Gasteiger partial charge in [-0.15, -0.1) is 0 Å². The molecule has 164 valence electrons. The van der Waals surface area contributed by atoms with E-state index in [4.69, 9.17) is 0 Å². The second kappa shape index (κ2) is 10.2. The number of hydrogen-bond acceptors (Lipinski definition) is 5. The summed E-state index contributed by atoms with van der Waals surface area (Å²) in [6.45, 7) is 4.01. The minimum atomic E-state index is -0.485. The number of benzene rings is 3. The fourth-order valence-corrected chi connectivity index (χ4v) is 3.09. The zero-order valence-electron chi connectivity index (χ0n) is 17.8. The third-order valence-electron chi connectivity index (χ3n) is 4.88. The summed E-state index contributed by atoms with van der Waals surface area (Å²) in [4.78, 5) is 35.4. The van der Waals surface area contributed by atoms with Gasteiger partial charge in [0, 0.05) is 30.1 Å². The highest BCUT2D eigenvalue weighted by Crippen LogP contribution is 2.21. The summed E-state index contributed by atoms with van der Waals surface area (Å²) in [5.41, 5.74) is 4.15. The number of rotatable bonds is 8. The molecule has 0 unspecified atom stereocenters. The van der Waals surface area contributed by atoms with Gasteiger partial charge < -0.3 is 16.0 Å². The highest BCUT2D eigenvalue weighted by molar-refractivity contribution is 6.01. The SMILES string of the molecule is Cc1ccc(CNC(=O)c2ccccc2NCC(=O)Nc2ccc([N+](=O)[O-])cc2C)cc1. The molecule has 3 N–H and O–H groups in total. The molecule has 8 nitrogen and oxygen atoms in total. The van der Waals surface area contributed by atoms with Crippen LogP contribution in [0.5, 0.6) is 0 Å². The lowest BCUT2D eigenvalue weighted by atomic mass is 10.1. The first-order valence-electron chi connectivity index (χ1n) is 10.0. The molecule has 3 rings (SSSR count). The molecule has 0 fully saturated rings. The van der Waals surface area contributed by atoms with E-state index >= 15 is 0 Å². The molecule has 32 heavy (non-hydrogen) atoms. The lowest BCUT2D eigenvalue weighted by Gasteiger charge is -2.13. The number of aryl methyl sites for hydroxylation is 2. The average Bonchev–Trinajstić information content (AvgIpc) is 2.78. The molecular formula is C24H24N4O4. The molecule has 0 saturated heterocycles. The molecule has 3 aromatic carbocycles. The Morgan fingerprint density at radius 3 is 2.34 bits per heavy atom. The quantitative estimate of drug-likeness (QED) is 0.365. The third-order valence-corrected chi connectivity index (χ3v) is 4.88. The molecular weight excluding hydrogens is 408 g/mol. The molecule has 0 heterocycles. The van der Waals surface area contributed by atoms with Gasteiger partial charge in [0.25, 0.3) is 11.6 Å². The number of nitrogens with zero attached hydrogens (tertiary/aromatic N) is 1. The van der Waals surface area contributed by atoms with Crippen molar-refractivity contribution in [3.05, 3.63) is 99.1 Å². The van der Waals surface area contributed by atoms with Crippen LogP contribution >= 0.6 is 0 Å². The van der Waals surface area contributed by atoms with Crippen LogP contribution in [0.2, 0.25) is 0 Å². The van der Waals surface area contributed by atoms with Gasteiger partial charge >= 0.3 is 0 Å². The number of amides is 2. The maximum atomic E-state index is 12.7. The lowest BCUT2D eigenvalue weighted by Crippen LogP contribution is -2.26. The van der Waals surface area contributed by atoms with Crippen LogP contribution in [0.1, 0.15) is 27.0 Å². The minimum Gasteiger partial charge on any atom is -0.376 e. The van der Waals surface area contributed by atoms with E-state index in [1.165, 1.54) is 18.2 Å². The molecule has 0 aliphatic heterocycles. The van der Waals surface area contributed by atoms with Crippen LogP contribution in [-0.2, 0) is 11.3 Å². The topological polar surface area (TPSA) is 113 Å². The van der Waals surface area contributed by atoms with Gasteiger partial charge in [-0.25, -0.2) is 0 Å². The third kappa shape index (κ3) is 5.91. The maximum Gasteiger partial charge on any atom is 0.269 e. The first-order valence-corrected chi connectivity index (χ1v) is 10.0. The Labute approximate surface area is 185 Å². The van der Waals surface area contributed by atoms with Crippen molar-refractivity contribution >= 4 is 28.9 Å². The minimum absolute atomic E-state index is 0.0378. The first kappa shape index (κ1) is 22.5. The van der Waals surface area contributed by atoms with Crippen molar-refractivity contribution in [1.29, 1.82) is 0 Å². The van der Waals surface area contributed by atoms with Crippen molar-refractivity contribution in [1.82, 2.24) is 5.32 Å². The lowest BCUT2D eigenvalue weighted by molar-refractivity contribution is -0.384. The van der Waals surface area contributed by atoms with E-state index in [2.05, 4.69) is 16.0 Å². The number of nitro groups is 1. The smallest absolute Gasteiger partial charge is 0.269 e. The number of hydrogen-bond donors (Lipinski definition) is 3. The number of carbonyl (C=O) groups is 2. The van der Waals surface area contributed by atoms with Gasteiger partial charge in [0.1, 0.15) is 0 Å². The summed E-state index contributed by atoms with van der Waals surface area (Å²) in [6, 6.07) is 19.1. The van der Waals surface area contributed by atoms with E-state index in [0.29, 0.717) is 29.0 Å². The average molecular weight is 432 g/mol. The van der Waals surface area contributed by atoms with E-state index in [9.17, 15) is 19.7 Å². The highest BCUT2D eigenvalue weighted by atomic mass is 16.6. The highest BCUT2D eigenvalue weighted by Gasteiger charge is 2.13. The van der Waals surface area contributed by atoms with Crippen LogP contribution in [0.4, 0.5) is 17.1 Å². The molecule has 0 aliphatic rings. The van der Waals surface area contributed by atoms with Crippen molar-refractivity contribution in [2.45, 2.75) is 20.4 Å². The number of para-hydroxylation sites is 1. The monoisotopic (exact) mass is 432 g/mol. The second-order valence-electron chi connectivity index (χ2n) is 7.37. The Kier molecular flexibility index (Phi) is 7.17. The molecule has 0 spiro atoms. The van der Waals surface area contributed by atoms with Gasteiger partial charge in [0.05, 0.1) is 17.0 Å². The van der Waals surface area contributed by atoms with Crippen LogP contribution < -0.4 is 16.0 Å². The van der Waals surface area contributed by atoms with E-state index in [-0.39, 0.29) is 24.0 Å². The number of nitrogens with one attached hydrogen (secondary N) is 3. The zero-order valence-corrected chi connectivity index (χ0v) is 17.8. The molecule has 3 aromatic rings. The molecule has 0 bridgehead atoms. The Hall–Kier alpha value is -4.20. The number of anilines is 2. The summed E-state index contributed by atoms with van der Waals surface area (Å²) >= 11 is 0. The zero-order chi connectivity index (χ0) is 23.1. The fourth-order valence-electron chi connectivity index (χ4n) is 3.09. The van der Waals surface area contributed by atoms with Crippen LogP contribution in [0, 0.1) is 24.0 Å². The summed E-state index contributed by atoms with van der Waals surface area (Å²) < 4.78 is 0. The summed E-state index contributed by atoms with van der Waals surface area (Å²) in [7, 11) is 0. The predicted molar refractivity (Wildman–Crippen MR) is 124 cm³/mol. The van der Waals surface area contributed by atoms with Gasteiger partial charge in [-0.05, 0) is 43.2 Å². The number of nitro benzene ring substituents is 1. The summed E-state index contributed by atoms with van der Waals surface area (Å²) in [5, 5.41) is 19.4. The van der Waals surface area contributed by atoms with E-state index < -0.39 is 4.92 Å². The molecule has 0 aliphatic carbocycles. The van der Waals surface area contributed by atoms with E-state index in [0.717, 1.165) is 11.1 Å². The van der Waals surface area contributed by atoms with Gasteiger partial charge in [-0.3, -0.25) is 19.7 Å². The van der Waals surface area contributed by atoms with E-state index in [1.807, 2.05) is 31.2 Å². The van der Waals surface area contributed by atoms with Crippen LogP contribution in [0.25, 0.3) is 0 Å². The number of non-ortho nitro benzene ring substituents is 1. The largest absolute Gasteiger partial charge is 0.376 e. The Morgan fingerprint density at radius 1 is 0.938 bits per heavy atom. The predicted octanol–water partition coefficient (Wildman–Crippen LogP) is 4.19. The summed E-state index contributed by atoms with van der Waals surface area (Å²) in [5.74, 6) is -0.586. The van der Waals surface area contributed by atoms with Gasteiger partial charge in [-0.2, -0.15) is 0 Å². The maximum absolute atomic E-state index is 12.7. The van der Waals surface area contributed by atoms with Gasteiger partial charge in [0.15, 0.2) is 0 Å². The normalized spacial score (nSPS) is 10.3. The van der Waals surface area contributed by atoms with Crippen molar-refractivity contribution in [3.8, 4) is 0 Å². The van der Waals surface area contributed by atoms with Crippen molar-refractivity contribution in [3.63, 3.8) is 0 Å². The molecule has 0 atom stereocenters. The Balaban J connectivity index is 1.59. The van der Waals surface area contributed by atoms with Crippen molar-refractivity contribution in [2.75, 3.05) is 17.2 Å². The van der Waals surface area contributed by atoms with Crippen LogP contribution in [0.15, 0.2) is 66.7 Å². The van der Waals surface area contributed by atoms with Gasteiger partial charge in [-0.1, -0.05) is 42.0 Å².